The quantitative estimate of drug-likeness (QED) is 0.127. The maximum absolute atomic E-state index is 5.44. The van der Waals surface area contributed by atoms with Crippen LogP contribution in [0.2, 0.25) is 0 Å². The van der Waals surface area contributed by atoms with Gasteiger partial charge < -0.3 is 18.3 Å². The fourth-order valence-electron chi connectivity index (χ4n) is 22.5. The van der Waals surface area contributed by atoms with Crippen molar-refractivity contribution in [3.63, 3.8) is 0 Å². The highest BCUT2D eigenvalue weighted by Crippen LogP contribution is 2.49. The van der Waals surface area contributed by atoms with E-state index in [2.05, 4.69) is 455 Å². The van der Waals surface area contributed by atoms with Gasteiger partial charge in [0.15, 0.2) is 34.9 Å². The van der Waals surface area contributed by atoms with Crippen LogP contribution in [0.1, 0.15) is 0 Å². The number of fused-ring (bicyclic) bond motifs is 26. The molecule has 0 spiro atoms. The molecule has 648 valence electrons. The van der Waals surface area contributed by atoms with Crippen LogP contribution in [0.25, 0.3) is 286 Å². The Morgan fingerprint density at radius 1 is 0.129 bits per heavy atom. The Balaban J connectivity index is 0.000000134. The van der Waals surface area contributed by atoms with Crippen LogP contribution in [0.4, 0.5) is 0 Å². The second-order valence-electron chi connectivity index (χ2n) is 36.7. The molecule has 0 saturated carbocycles. The maximum Gasteiger partial charge on any atom is 0.166 e. The van der Waals surface area contributed by atoms with Gasteiger partial charge in [-0.3, -0.25) is 0 Å². The van der Waals surface area contributed by atoms with E-state index in [-0.39, 0.29) is 0 Å². The number of benzene rings is 24. The summed E-state index contributed by atoms with van der Waals surface area (Å²) in [6, 6.07) is 171. The van der Waals surface area contributed by atoms with Crippen molar-refractivity contribution in [2.75, 3.05) is 0 Å². The topological polar surface area (TPSA) is 97.1 Å². The van der Waals surface area contributed by atoms with E-state index in [0.29, 0.717) is 34.9 Å². The van der Waals surface area contributed by atoms with E-state index in [1.54, 1.807) is 0 Å². The fourth-order valence-corrected chi connectivity index (χ4v) is 22.5. The lowest BCUT2D eigenvalue weighted by Crippen LogP contribution is -2.04. The molecule has 0 aliphatic heterocycles. The minimum Gasteiger partial charge on any atom is -0.309 e. The Bertz CT molecular complexity index is 10500. The second-order valence-corrected chi connectivity index (χ2v) is 36.7. The van der Waals surface area contributed by atoms with E-state index in [1.807, 2.05) is 36.4 Å². The Morgan fingerprint density at radius 2 is 0.457 bits per heavy atom. The number of para-hydroxylation sites is 3. The first kappa shape index (κ1) is 78.6. The number of hydrogen-bond acceptors (Lipinski definition) is 6. The zero-order chi connectivity index (χ0) is 91.7. The molecule has 140 heavy (non-hydrogen) atoms. The van der Waals surface area contributed by atoms with Crippen molar-refractivity contribution in [2.24, 2.45) is 0 Å². The Labute approximate surface area is 801 Å². The molecular formula is C130H78N10. The number of aromatic nitrogens is 10. The third-order valence-electron chi connectivity index (χ3n) is 28.9. The minimum atomic E-state index is 0.605. The molecule has 0 N–H and O–H groups in total. The summed E-state index contributed by atoms with van der Waals surface area (Å²) in [4.78, 5) is 31.6. The van der Waals surface area contributed by atoms with Gasteiger partial charge in [-0.05, 0) is 200 Å². The van der Waals surface area contributed by atoms with E-state index in [4.69, 9.17) is 29.9 Å². The van der Waals surface area contributed by atoms with Gasteiger partial charge in [0, 0.05) is 98.6 Å². The maximum atomic E-state index is 5.44. The largest absolute Gasteiger partial charge is 0.309 e. The lowest BCUT2D eigenvalue weighted by molar-refractivity contribution is 1.07. The number of rotatable bonds is 10. The highest BCUT2D eigenvalue weighted by molar-refractivity contribution is 6.27. The lowest BCUT2D eigenvalue weighted by atomic mass is 10.00. The van der Waals surface area contributed by atoms with Gasteiger partial charge >= 0.3 is 0 Å². The molecule has 0 atom stereocenters. The lowest BCUT2D eigenvalue weighted by Gasteiger charge is -2.18. The molecule has 0 saturated heterocycles. The SMILES string of the molecule is c1ccc(-c2nc(-c3ccc4c(ccc5ccccc54)c3)nc(-c3ccc4ccccc4c3-n3c4ccc(-n5c6ccccc6c6c7ccccc7ccc65)cc4c4cc5ccccc5cc43)n2)cc1.c1ccc(-c2nc(-c3ccc4ccc(-n5c6ccccc6c6c(-n7c8ccccc8c8c9ccccc9ccc87)c7ccccc7cc65)cc4c3)nc(-c3ccc4ccc5ccccc5c4c3)n2)cc1. The van der Waals surface area contributed by atoms with E-state index in [1.165, 1.54) is 146 Å². The molecule has 24 aromatic carbocycles. The van der Waals surface area contributed by atoms with E-state index in [9.17, 15) is 0 Å². The van der Waals surface area contributed by atoms with Crippen molar-refractivity contribution in [2.45, 2.75) is 0 Å². The smallest absolute Gasteiger partial charge is 0.166 e. The Kier molecular flexibility index (Phi) is 17.6. The van der Waals surface area contributed by atoms with Crippen molar-refractivity contribution in [1.82, 2.24) is 48.2 Å². The molecule has 6 heterocycles. The first-order valence-electron chi connectivity index (χ1n) is 47.7. The standard InChI is InChI=1S/2C65H39N5/c1-2-16-44(17-3-1)63-66-64(68-65(67-63)47-31-29-43-28-27-41-14-4-7-19-50(41)55(43)38-47)46-30-26-40-32-34-49(37-48(40)36-46)69-56-24-12-11-23-54(56)61-59(69)39-45-18-6-9-21-52(45)62(61)70-57-25-13-10-22-53(57)60-51-20-8-5-15-42(51)33-35-58(60)70;1-2-17-43(18-3-1)63-66-64(47-29-32-50-46(36-47)27-26-40-14-6-9-21-49(40)50)68-65(67-63)54-33-28-42-16-8-11-23-52(42)62(54)70-58-35-31-48(39-56(58)55-37-44-19-4-5-20-45(44)38-60(55)70)69-57-25-13-12-24-53(57)61-51-22-10-7-15-41(51)30-34-59(61)69/h2*1-39H. The molecule has 10 nitrogen and oxygen atoms in total. The zero-order valence-corrected chi connectivity index (χ0v) is 75.5. The van der Waals surface area contributed by atoms with Crippen molar-refractivity contribution >= 4 is 195 Å². The van der Waals surface area contributed by atoms with Gasteiger partial charge in [-0.1, -0.05) is 370 Å². The van der Waals surface area contributed by atoms with Crippen molar-refractivity contribution < 1.29 is 0 Å². The van der Waals surface area contributed by atoms with Crippen molar-refractivity contribution in [1.29, 1.82) is 0 Å². The van der Waals surface area contributed by atoms with Crippen molar-refractivity contribution in [3.05, 3.63) is 473 Å². The molecule has 0 fully saturated rings. The van der Waals surface area contributed by atoms with Gasteiger partial charge in [-0.2, -0.15) is 0 Å². The van der Waals surface area contributed by atoms with Crippen LogP contribution in [0.3, 0.4) is 0 Å². The minimum absolute atomic E-state index is 0.605. The summed E-state index contributed by atoms with van der Waals surface area (Å²) in [5.74, 6) is 3.74. The van der Waals surface area contributed by atoms with Gasteiger partial charge in [0.2, 0.25) is 0 Å². The summed E-state index contributed by atoms with van der Waals surface area (Å²) in [6.45, 7) is 0. The average Bonchev–Trinajstić information content (AvgIpc) is 1.54. The van der Waals surface area contributed by atoms with Crippen molar-refractivity contribution in [3.8, 4) is 91.1 Å². The number of nitrogens with zero attached hydrogens (tertiary/aromatic N) is 10. The molecule has 10 heteroatoms. The molecule has 0 aliphatic rings. The third kappa shape index (κ3) is 12.5. The highest BCUT2D eigenvalue weighted by Gasteiger charge is 2.28. The van der Waals surface area contributed by atoms with E-state index in [0.717, 1.165) is 105 Å². The molecule has 0 bridgehead atoms. The van der Waals surface area contributed by atoms with Crippen LogP contribution >= 0.6 is 0 Å². The summed E-state index contributed by atoms with van der Waals surface area (Å²) >= 11 is 0. The summed E-state index contributed by atoms with van der Waals surface area (Å²) in [5.41, 5.74) is 19.2. The monoisotopic (exact) mass is 1780 g/mol. The van der Waals surface area contributed by atoms with Gasteiger partial charge in [-0.15, -0.1) is 0 Å². The predicted molar refractivity (Wildman–Crippen MR) is 585 cm³/mol. The summed E-state index contributed by atoms with van der Waals surface area (Å²) < 4.78 is 9.88. The Hall–Kier alpha value is -18.9. The molecule has 30 aromatic rings. The molecule has 0 unspecified atom stereocenters. The van der Waals surface area contributed by atoms with Crippen LogP contribution in [0.15, 0.2) is 473 Å². The predicted octanol–water partition coefficient (Wildman–Crippen LogP) is 33.7. The molecule has 0 aliphatic carbocycles. The van der Waals surface area contributed by atoms with Gasteiger partial charge in [-0.25, -0.2) is 29.9 Å². The van der Waals surface area contributed by atoms with Gasteiger partial charge in [0.25, 0.3) is 0 Å². The van der Waals surface area contributed by atoms with Gasteiger partial charge in [0.1, 0.15) is 0 Å². The second kappa shape index (κ2) is 31.4. The van der Waals surface area contributed by atoms with Crippen LogP contribution in [0.5, 0.6) is 0 Å². The van der Waals surface area contributed by atoms with Crippen LogP contribution in [-0.4, -0.2) is 48.2 Å². The van der Waals surface area contributed by atoms with Gasteiger partial charge in [0.05, 0.1) is 55.5 Å². The number of hydrogen-bond donors (Lipinski definition) is 0. The summed E-state index contributed by atoms with van der Waals surface area (Å²) in [7, 11) is 0. The van der Waals surface area contributed by atoms with Crippen LogP contribution < -0.4 is 0 Å². The average molecular weight is 1780 g/mol. The summed E-state index contributed by atoms with van der Waals surface area (Å²) in [5, 5.41) is 33.5. The zero-order valence-electron chi connectivity index (χ0n) is 75.5. The fraction of sp³-hybridized carbons (Fsp3) is 0. The molecular weight excluding hydrogens is 1700 g/mol. The molecule has 0 radical (unpaired) electrons. The van der Waals surface area contributed by atoms with Crippen LogP contribution in [0, 0.1) is 0 Å². The molecule has 30 rings (SSSR count). The first-order chi connectivity index (χ1) is 69.4. The van der Waals surface area contributed by atoms with E-state index >= 15 is 0 Å². The summed E-state index contributed by atoms with van der Waals surface area (Å²) in [6.07, 6.45) is 0. The molecule has 6 aromatic heterocycles. The normalized spacial score (nSPS) is 12.0. The Morgan fingerprint density at radius 3 is 1.06 bits per heavy atom. The molecule has 0 amide bonds. The third-order valence-corrected chi connectivity index (χ3v) is 28.9. The van der Waals surface area contributed by atoms with E-state index < -0.39 is 0 Å². The van der Waals surface area contributed by atoms with Crippen LogP contribution in [-0.2, 0) is 0 Å². The highest BCUT2D eigenvalue weighted by atomic mass is 15.1. The first-order valence-corrected chi connectivity index (χ1v) is 47.7.